The van der Waals surface area contributed by atoms with Crippen LogP contribution in [0.15, 0.2) is 36.7 Å². The fraction of sp³-hybridized carbons (Fsp3) is 0.188. The average molecular weight is 312 g/mol. The van der Waals surface area contributed by atoms with Crippen molar-refractivity contribution in [1.82, 2.24) is 15.5 Å². The topological polar surface area (TPSA) is 96.1 Å². The van der Waals surface area contributed by atoms with Crippen LogP contribution in [0.1, 0.15) is 11.1 Å². The summed E-state index contributed by atoms with van der Waals surface area (Å²) in [6, 6.07) is 5.79. The van der Waals surface area contributed by atoms with Crippen LogP contribution in [0.4, 0.5) is 5.69 Å². The molecule has 0 spiro atoms. The van der Waals surface area contributed by atoms with Gasteiger partial charge in [0.25, 0.3) is 0 Å². The molecule has 1 aliphatic heterocycles. The Bertz CT molecular complexity index is 738. The van der Waals surface area contributed by atoms with Crippen molar-refractivity contribution in [3.63, 3.8) is 0 Å². The highest BCUT2D eigenvalue weighted by Gasteiger charge is 2.11. The number of anilines is 1. The number of fused-ring (bicyclic) bond motifs is 1. The zero-order valence-corrected chi connectivity index (χ0v) is 12.3. The van der Waals surface area contributed by atoms with Gasteiger partial charge in [-0.3, -0.25) is 14.7 Å². The Morgan fingerprint density at radius 2 is 2.30 bits per heavy atom. The highest BCUT2D eigenvalue weighted by atomic mass is 16.5. The van der Waals surface area contributed by atoms with Crippen molar-refractivity contribution in [2.75, 3.05) is 18.5 Å². The van der Waals surface area contributed by atoms with E-state index < -0.39 is 0 Å². The monoisotopic (exact) mass is 312 g/mol. The van der Waals surface area contributed by atoms with Crippen molar-refractivity contribution in [1.29, 1.82) is 0 Å². The molecule has 1 aromatic heterocycles. The molecule has 0 atom stereocenters. The van der Waals surface area contributed by atoms with Gasteiger partial charge in [0.15, 0.2) is 0 Å². The lowest BCUT2D eigenvalue weighted by atomic mass is 10.1. The number of nitrogens with zero attached hydrogens (tertiary/aromatic N) is 1. The molecule has 1 aromatic carbocycles. The number of carbonyl (C=O) groups is 2. The number of aromatic nitrogens is 2. The molecule has 7 heteroatoms. The number of H-pyrrole nitrogens is 1. The van der Waals surface area contributed by atoms with Crippen molar-refractivity contribution >= 4 is 23.6 Å². The normalized spacial score (nSPS) is 12.7. The van der Waals surface area contributed by atoms with Crippen molar-refractivity contribution in [3.05, 3.63) is 47.8 Å². The van der Waals surface area contributed by atoms with E-state index in [2.05, 4.69) is 20.8 Å². The molecule has 0 saturated carbocycles. The van der Waals surface area contributed by atoms with Crippen LogP contribution in [-0.4, -0.2) is 35.2 Å². The number of rotatable bonds is 5. The summed E-state index contributed by atoms with van der Waals surface area (Å²) in [5.41, 5.74) is 2.62. The van der Waals surface area contributed by atoms with Gasteiger partial charge in [-0.25, -0.2) is 0 Å². The van der Waals surface area contributed by atoms with Crippen molar-refractivity contribution in [2.24, 2.45) is 0 Å². The van der Waals surface area contributed by atoms with Crippen molar-refractivity contribution in [3.8, 4) is 5.75 Å². The fourth-order valence-corrected chi connectivity index (χ4v) is 2.23. The van der Waals surface area contributed by atoms with Gasteiger partial charge in [0.1, 0.15) is 5.75 Å². The lowest BCUT2D eigenvalue weighted by molar-refractivity contribution is -0.121. The first-order valence-corrected chi connectivity index (χ1v) is 7.21. The van der Waals surface area contributed by atoms with Crippen LogP contribution >= 0.6 is 0 Å². The van der Waals surface area contributed by atoms with Gasteiger partial charge in [0.05, 0.1) is 25.0 Å². The van der Waals surface area contributed by atoms with Gasteiger partial charge in [-0.2, -0.15) is 5.10 Å². The summed E-state index contributed by atoms with van der Waals surface area (Å²) in [4.78, 5) is 23.3. The molecule has 0 aliphatic carbocycles. The molecular weight excluding hydrogens is 296 g/mol. The molecule has 118 valence electrons. The minimum absolute atomic E-state index is 0.105. The number of hydrogen-bond donors (Lipinski definition) is 3. The SMILES string of the molecule is O=C(C=Cc1ccc2c(c1)CCO2)NCC(=O)Nc1cn[nH]c1. The minimum atomic E-state index is -0.330. The Hall–Kier alpha value is -3.09. The highest BCUT2D eigenvalue weighted by molar-refractivity contribution is 5.97. The molecule has 2 aromatic rings. The molecule has 7 nitrogen and oxygen atoms in total. The number of benzene rings is 1. The Balaban J connectivity index is 1.48. The van der Waals surface area contributed by atoms with Crippen LogP contribution in [-0.2, 0) is 16.0 Å². The molecule has 0 saturated heterocycles. The fourth-order valence-electron chi connectivity index (χ4n) is 2.23. The summed E-state index contributed by atoms with van der Waals surface area (Å²) in [6.45, 7) is 0.598. The van der Waals surface area contributed by atoms with Crippen LogP contribution in [0.25, 0.3) is 6.08 Å². The summed E-state index contributed by atoms with van der Waals surface area (Å²) in [5.74, 6) is 0.259. The van der Waals surface area contributed by atoms with Crippen LogP contribution in [0, 0.1) is 0 Å². The van der Waals surface area contributed by atoms with E-state index in [0.717, 1.165) is 23.3 Å². The van der Waals surface area contributed by atoms with E-state index in [9.17, 15) is 9.59 Å². The quantitative estimate of drug-likeness (QED) is 0.721. The third-order valence-corrected chi connectivity index (χ3v) is 3.35. The second-order valence-corrected chi connectivity index (χ2v) is 5.05. The largest absolute Gasteiger partial charge is 0.493 e. The lowest BCUT2D eigenvalue weighted by Crippen LogP contribution is -2.31. The molecule has 23 heavy (non-hydrogen) atoms. The van der Waals surface area contributed by atoms with Gasteiger partial charge < -0.3 is 15.4 Å². The number of hydrogen-bond acceptors (Lipinski definition) is 4. The average Bonchev–Trinajstić information content (AvgIpc) is 3.21. The van der Waals surface area contributed by atoms with Gasteiger partial charge in [0.2, 0.25) is 11.8 Å². The van der Waals surface area contributed by atoms with Crippen molar-refractivity contribution in [2.45, 2.75) is 6.42 Å². The van der Waals surface area contributed by atoms with Gasteiger partial charge in [-0.1, -0.05) is 6.07 Å². The van der Waals surface area contributed by atoms with Gasteiger partial charge >= 0.3 is 0 Å². The molecular formula is C16H16N4O3. The molecule has 1 aliphatic rings. The number of aromatic amines is 1. The molecule has 0 radical (unpaired) electrons. The number of nitrogens with one attached hydrogen (secondary N) is 3. The predicted molar refractivity (Wildman–Crippen MR) is 84.9 cm³/mol. The van der Waals surface area contributed by atoms with E-state index in [-0.39, 0.29) is 18.4 Å². The minimum Gasteiger partial charge on any atom is -0.493 e. The maximum atomic E-state index is 11.7. The number of ether oxygens (including phenoxy) is 1. The molecule has 2 heterocycles. The smallest absolute Gasteiger partial charge is 0.244 e. The van der Waals surface area contributed by atoms with Gasteiger partial charge in [0, 0.05) is 18.7 Å². The van der Waals surface area contributed by atoms with Crippen LogP contribution in [0.5, 0.6) is 5.75 Å². The standard InChI is InChI=1S/C16H16N4O3/c21-15(17-10-16(22)20-13-8-18-19-9-13)4-2-11-1-3-14-12(7-11)5-6-23-14/h1-4,7-9H,5-6,10H2,(H,17,21)(H,18,19)(H,20,22). The van der Waals surface area contributed by atoms with E-state index in [1.165, 1.54) is 12.3 Å². The van der Waals surface area contributed by atoms with E-state index in [4.69, 9.17) is 4.74 Å². The summed E-state index contributed by atoms with van der Waals surface area (Å²) in [6.07, 6.45) is 7.04. The first-order chi connectivity index (χ1) is 11.2. The first kappa shape index (κ1) is 14.8. The summed E-state index contributed by atoms with van der Waals surface area (Å²) < 4.78 is 5.43. The van der Waals surface area contributed by atoms with Gasteiger partial charge in [-0.15, -0.1) is 0 Å². The van der Waals surface area contributed by atoms with E-state index in [1.807, 2.05) is 18.2 Å². The number of carbonyl (C=O) groups excluding carboxylic acids is 2. The van der Waals surface area contributed by atoms with E-state index in [0.29, 0.717) is 12.3 Å². The van der Waals surface area contributed by atoms with Crippen LogP contribution in [0.2, 0.25) is 0 Å². The van der Waals surface area contributed by atoms with Crippen molar-refractivity contribution < 1.29 is 14.3 Å². The summed E-state index contributed by atoms with van der Waals surface area (Å²) in [7, 11) is 0. The summed E-state index contributed by atoms with van der Waals surface area (Å²) >= 11 is 0. The Morgan fingerprint density at radius 1 is 1.39 bits per heavy atom. The maximum Gasteiger partial charge on any atom is 0.244 e. The van der Waals surface area contributed by atoms with E-state index >= 15 is 0 Å². The zero-order chi connectivity index (χ0) is 16.1. The Kier molecular flexibility index (Phi) is 4.37. The molecule has 3 rings (SSSR count). The summed E-state index contributed by atoms with van der Waals surface area (Å²) in [5, 5.41) is 11.4. The molecule has 0 fully saturated rings. The van der Waals surface area contributed by atoms with Gasteiger partial charge in [-0.05, 0) is 29.3 Å². The first-order valence-electron chi connectivity index (χ1n) is 7.21. The van der Waals surface area contributed by atoms with Crippen LogP contribution < -0.4 is 15.4 Å². The molecule has 0 unspecified atom stereocenters. The third-order valence-electron chi connectivity index (χ3n) is 3.35. The number of amides is 2. The molecule has 0 bridgehead atoms. The van der Waals surface area contributed by atoms with E-state index in [1.54, 1.807) is 12.3 Å². The second-order valence-electron chi connectivity index (χ2n) is 5.05. The second kappa shape index (κ2) is 6.78. The Morgan fingerprint density at radius 3 is 3.13 bits per heavy atom. The maximum absolute atomic E-state index is 11.7. The molecule has 2 amide bonds. The highest BCUT2D eigenvalue weighted by Crippen LogP contribution is 2.26. The predicted octanol–water partition coefficient (Wildman–Crippen LogP) is 1.11. The Labute approximate surface area is 132 Å². The lowest BCUT2D eigenvalue weighted by Gasteiger charge is -2.03. The molecule has 3 N–H and O–H groups in total. The third kappa shape index (κ3) is 3.97. The van der Waals surface area contributed by atoms with Crippen LogP contribution in [0.3, 0.4) is 0 Å². The zero-order valence-electron chi connectivity index (χ0n) is 12.3.